The van der Waals surface area contributed by atoms with Crippen LogP contribution >= 0.6 is 11.6 Å². The fourth-order valence-electron chi connectivity index (χ4n) is 2.90. The summed E-state index contributed by atoms with van der Waals surface area (Å²) in [5, 5.41) is -0.871. The summed E-state index contributed by atoms with van der Waals surface area (Å²) in [6.07, 6.45) is 0. The zero-order valence-corrected chi connectivity index (χ0v) is 16.7. The molecule has 2 aromatic carbocycles. The van der Waals surface area contributed by atoms with Gasteiger partial charge in [-0.2, -0.15) is 0 Å². The molecular formula is C21H19ClN2O5. The molecule has 0 radical (unpaired) electrons. The lowest BCUT2D eigenvalue weighted by atomic mass is 10.2. The fraction of sp³-hybridized carbons (Fsp3) is 0.190. The molecule has 0 fully saturated rings. The zero-order valence-electron chi connectivity index (χ0n) is 15.9. The van der Waals surface area contributed by atoms with E-state index in [0.717, 1.165) is 21.8 Å². The number of halogens is 1. The van der Waals surface area contributed by atoms with Gasteiger partial charge in [-0.3, -0.25) is 18.7 Å². The summed E-state index contributed by atoms with van der Waals surface area (Å²) in [6, 6.07) is 15.1. The Bertz CT molecular complexity index is 1130. The molecule has 0 saturated carbocycles. The Morgan fingerprint density at radius 2 is 1.28 bits per heavy atom. The molecule has 1 aromatic heterocycles. The lowest BCUT2D eigenvalue weighted by Crippen LogP contribution is -2.42. The van der Waals surface area contributed by atoms with Gasteiger partial charge in [0, 0.05) is 6.07 Å². The number of ether oxygens (including phenoxy) is 2. The standard InChI is InChI=1S/C21H19ClN2O5/c1-28-16-7-3-14(4-8-16)12-23-18(20(22)26)11-19(25)24(21(23)27)13-15-5-9-17(29-2)10-6-15/h3-11H,12-13H2,1-2H3. The molecule has 0 unspecified atom stereocenters. The van der Waals surface area contributed by atoms with Crippen LogP contribution in [-0.4, -0.2) is 28.6 Å². The van der Waals surface area contributed by atoms with Crippen LogP contribution in [0, 0.1) is 0 Å². The van der Waals surface area contributed by atoms with Gasteiger partial charge in [0.15, 0.2) is 0 Å². The minimum Gasteiger partial charge on any atom is -0.497 e. The maximum absolute atomic E-state index is 13.0. The Labute approximate surface area is 171 Å². The average Bonchev–Trinajstić information content (AvgIpc) is 2.73. The van der Waals surface area contributed by atoms with Crippen molar-refractivity contribution in [2.24, 2.45) is 0 Å². The van der Waals surface area contributed by atoms with Crippen molar-refractivity contribution in [3.05, 3.63) is 92.3 Å². The van der Waals surface area contributed by atoms with Crippen molar-refractivity contribution in [2.45, 2.75) is 13.1 Å². The van der Waals surface area contributed by atoms with Crippen LogP contribution in [-0.2, 0) is 13.1 Å². The number of carbonyl (C=O) groups excluding carboxylic acids is 1. The Morgan fingerprint density at radius 3 is 1.69 bits per heavy atom. The molecule has 0 aliphatic carbocycles. The molecule has 3 rings (SSSR count). The first-order valence-corrected chi connectivity index (χ1v) is 9.11. The van der Waals surface area contributed by atoms with Crippen LogP contribution in [0.4, 0.5) is 0 Å². The van der Waals surface area contributed by atoms with Crippen LogP contribution in [0.25, 0.3) is 0 Å². The van der Waals surface area contributed by atoms with Crippen molar-refractivity contribution >= 4 is 16.8 Å². The summed E-state index contributed by atoms with van der Waals surface area (Å²) in [7, 11) is 3.11. The van der Waals surface area contributed by atoms with Crippen LogP contribution < -0.4 is 20.7 Å². The van der Waals surface area contributed by atoms with E-state index >= 15 is 0 Å². The van der Waals surface area contributed by atoms with E-state index < -0.39 is 16.5 Å². The molecule has 0 aliphatic heterocycles. The van der Waals surface area contributed by atoms with Gasteiger partial charge in [0.2, 0.25) is 0 Å². The molecule has 0 bridgehead atoms. The van der Waals surface area contributed by atoms with Crippen molar-refractivity contribution in [2.75, 3.05) is 14.2 Å². The lowest BCUT2D eigenvalue weighted by Gasteiger charge is -2.14. The van der Waals surface area contributed by atoms with Crippen LogP contribution in [0.5, 0.6) is 11.5 Å². The van der Waals surface area contributed by atoms with Crippen LogP contribution in [0.2, 0.25) is 0 Å². The summed E-state index contributed by atoms with van der Waals surface area (Å²) < 4.78 is 12.5. The Morgan fingerprint density at radius 1 is 0.828 bits per heavy atom. The van der Waals surface area contributed by atoms with Crippen molar-refractivity contribution in [1.29, 1.82) is 0 Å². The van der Waals surface area contributed by atoms with Gasteiger partial charge in [0.05, 0.1) is 27.3 Å². The Balaban J connectivity index is 2.03. The number of rotatable bonds is 7. The lowest BCUT2D eigenvalue weighted by molar-refractivity contribution is 0.107. The minimum absolute atomic E-state index is 0.0566. The SMILES string of the molecule is COc1ccc(Cn2c(C(=O)Cl)cc(=O)n(Cc3ccc(OC)cc3)c2=O)cc1. The maximum Gasteiger partial charge on any atom is 0.332 e. The second kappa shape index (κ2) is 8.79. The number of nitrogens with zero attached hydrogens (tertiary/aromatic N) is 2. The van der Waals surface area contributed by atoms with E-state index in [1.165, 1.54) is 4.57 Å². The largest absolute Gasteiger partial charge is 0.497 e. The van der Waals surface area contributed by atoms with Gasteiger partial charge in [-0.1, -0.05) is 24.3 Å². The van der Waals surface area contributed by atoms with Gasteiger partial charge in [-0.15, -0.1) is 0 Å². The van der Waals surface area contributed by atoms with E-state index in [9.17, 15) is 14.4 Å². The van der Waals surface area contributed by atoms with E-state index in [1.54, 1.807) is 62.8 Å². The Kier molecular flexibility index (Phi) is 6.19. The molecule has 150 valence electrons. The molecule has 29 heavy (non-hydrogen) atoms. The van der Waals surface area contributed by atoms with Gasteiger partial charge in [0.1, 0.15) is 17.2 Å². The summed E-state index contributed by atoms with van der Waals surface area (Å²) in [5.41, 5.74) is 0.130. The predicted molar refractivity (Wildman–Crippen MR) is 109 cm³/mol. The first-order chi connectivity index (χ1) is 13.9. The van der Waals surface area contributed by atoms with Gasteiger partial charge in [0.25, 0.3) is 10.8 Å². The van der Waals surface area contributed by atoms with Crippen molar-refractivity contribution in [3.63, 3.8) is 0 Å². The van der Waals surface area contributed by atoms with E-state index in [0.29, 0.717) is 11.5 Å². The van der Waals surface area contributed by atoms with E-state index in [1.807, 2.05) is 0 Å². The molecular weight excluding hydrogens is 396 g/mol. The molecule has 3 aromatic rings. The van der Waals surface area contributed by atoms with Crippen LogP contribution in [0.1, 0.15) is 21.6 Å². The average molecular weight is 415 g/mol. The van der Waals surface area contributed by atoms with E-state index in [-0.39, 0.29) is 18.8 Å². The second-order valence-corrected chi connectivity index (χ2v) is 6.64. The monoisotopic (exact) mass is 414 g/mol. The summed E-state index contributed by atoms with van der Waals surface area (Å²) in [5.74, 6) is 1.33. The van der Waals surface area contributed by atoms with Gasteiger partial charge in [-0.25, -0.2) is 4.79 Å². The number of hydrogen-bond donors (Lipinski definition) is 0. The Hall–Kier alpha value is -3.32. The fourth-order valence-corrected chi connectivity index (χ4v) is 3.06. The molecule has 7 nitrogen and oxygen atoms in total. The zero-order chi connectivity index (χ0) is 21.0. The van der Waals surface area contributed by atoms with Crippen LogP contribution in [0.3, 0.4) is 0 Å². The summed E-state index contributed by atoms with van der Waals surface area (Å²) in [6.45, 7) is 0.139. The normalized spacial score (nSPS) is 10.6. The summed E-state index contributed by atoms with van der Waals surface area (Å²) >= 11 is 5.63. The molecule has 0 N–H and O–H groups in total. The highest BCUT2D eigenvalue weighted by atomic mass is 35.5. The predicted octanol–water partition coefficient (Wildman–Crippen LogP) is 2.50. The molecule has 8 heteroatoms. The van der Waals surface area contributed by atoms with Crippen molar-refractivity contribution in [3.8, 4) is 11.5 Å². The first kappa shape index (κ1) is 20.4. The molecule has 0 aliphatic rings. The molecule has 1 heterocycles. The van der Waals surface area contributed by atoms with E-state index in [2.05, 4.69) is 0 Å². The highest BCUT2D eigenvalue weighted by molar-refractivity contribution is 6.67. The minimum atomic E-state index is -0.871. The van der Waals surface area contributed by atoms with Crippen molar-refractivity contribution in [1.82, 2.24) is 9.13 Å². The topological polar surface area (TPSA) is 79.5 Å². The molecule has 0 atom stereocenters. The third-order valence-electron chi connectivity index (χ3n) is 4.48. The molecule has 0 amide bonds. The third kappa shape index (κ3) is 4.57. The number of aromatic nitrogens is 2. The molecule has 0 saturated heterocycles. The maximum atomic E-state index is 13.0. The van der Waals surface area contributed by atoms with Crippen molar-refractivity contribution < 1.29 is 14.3 Å². The van der Waals surface area contributed by atoms with E-state index in [4.69, 9.17) is 21.1 Å². The quantitative estimate of drug-likeness (QED) is 0.555. The second-order valence-electron chi connectivity index (χ2n) is 6.29. The number of methoxy groups -OCH3 is 2. The highest BCUT2D eigenvalue weighted by Crippen LogP contribution is 2.14. The first-order valence-electron chi connectivity index (χ1n) is 8.73. The summed E-state index contributed by atoms with van der Waals surface area (Å²) in [4.78, 5) is 37.3. The van der Waals surface area contributed by atoms with Gasteiger partial charge in [-0.05, 0) is 47.0 Å². The number of carbonyl (C=O) groups is 1. The van der Waals surface area contributed by atoms with Gasteiger partial charge < -0.3 is 9.47 Å². The number of hydrogen-bond acceptors (Lipinski definition) is 5. The third-order valence-corrected chi connectivity index (χ3v) is 4.67. The number of benzene rings is 2. The molecule has 0 spiro atoms. The smallest absolute Gasteiger partial charge is 0.332 e. The highest BCUT2D eigenvalue weighted by Gasteiger charge is 2.16. The van der Waals surface area contributed by atoms with Gasteiger partial charge >= 0.3 is 5.69 Å². The van der Waals surface area contributed by atoms with Crippen LogP contribution in [0.15, 0.2) is 64.2 Å².